The zero-order valence-corrected chi connectivity index (χ0v) is 9.07. The molecule has 0 radical (unpaired) electrons. The second-order valence-corrected chi connectivity index (χ2v) is 3.33. The number of carbonyl (C=O) groups is 2. The van der Waals surface area contributed by atoms with Crippen molar-refractivity contribution in [2.75, 3.05) is 0 Å². The van der Waals surface area contributed by atoms with Crippen molar-refractivity contribution in [2.24, 2.45) is 5.92 Å². The van der Waals surface area contributed by atoms with E-state index in [2.05, 4.69) is 17.4 Å². The van der Waals surface area contributed by atoms with Gasteiger partial charge in [0.25, 0.3) is 5.91 Å². The monoisotopic (exact) mass is 218 g/mol. The molecule has 4 heteroatoms. The van der Waals surface area contributed by atoms with Crippen molar-refractivity contribution >= 4 is 11.8 Å². The van der Waals surface area contributed by atoms with E-state index < -0.39 is 0 Å². The van der Waals surface area contributed by atoms with Gasteiger partial charge in [0.15, 0.2) is 0 Å². The molecule has 4 nitrogen and oxygen atoms in total. The molecule has 0 saturated heterocycles. The molecule has 0 spiro atoms. The summed E-state index contributed by atoms with van der Waals surface area (Å²) in [5.74, 6) is -0.972. The van der Waals surface area contributed by atoms with Crippen molar-refractivity contribution in [1.82, 2.24) is 10.9 Å². The highest BCUT2D eigenvalue weighted by Crippen LogP contribution is 1.97. The van der Waals surface area contributed by atoms with Crippen LogP contribution in [-0.2, 0) is 4.79 Å². The lowest BCUT2D eigenvalue weighted by molar-refractivity contribution is -0.123. The number of amides is 2. The first-order valence-corrected chi connectivity index (χ1v) is 4.93. The first kappa shape index (κ1) is 12.0. The van der Waals surface area contributed by atoms with Crippen molar-refractivity contribution < 1.29 is 9.59 Å². The Hall–Kier alpha value is -2.10. The number of hydrogen-bond acceptors (Lipinski definition) is 2. The highest BCUT2D eigenvalue weighted by Gasteiger charge is 2.10. The standard InChI is InChI=1S/C12H14N2O2/c1-3-9(2)11(15)13-14-12(16)10-7-5-4-6-8-10/h3-9H,1H2,2H3,(H,13,15)(H,14,16). The van der Waals surface area contributed by atoms with E-state index in [0.29, 0.717) is 5.56 Å². The van der Waals surface area contributed by atoms with E-state index in [0.717, 1.165) is 0 Å². The van der Waals surface area contributed by atoms with Crippen molar-refractivity contribution in [1.29, 1.82) is 0 Å². The molecule has 16 heavy (non-hydrogen) atoms. The Morgan fingerprint density at radius 3 is 2.44 bits per heavy atom. The lowest BCUT2D eigenvalue weighted by Crippen LogP contribution is -2.43. The molecule has 0 heterocycles. The maximum atomic E-state index is 11.5. The average Bonchev–Trinajstić information content (AvgIpc) is 2.35. The largest absolute Gasteiger partial charge is 0.273 e. The second kappa shape index (κ2) is 5.70. The minimum Gasteiger partial charge on any atom is -0.273 e. The quantitative estimate of drug-likeness (QED) is 0.593. The van der Waals surface area contributed by atoms with Crippen molar-refractivity contribution in [3.05, 3.63) is 48.6 Å². The third-order valence-corrected chi connectivity index (χ3v) is 2.10. The molecule has 1 aromatic carbocycles. The fourth-order valence-electron chi connectivity index (χ4n) is 1.00. The summed E-state index contributed by atoms with van der Waals surface area (Å²) in [4.78, 5) is 22.8. The molecule has 0 saturated carbocycles. The molecule has 0 aromatic heterocycles. The topological polar surface area (TPSA) is 58.2 Å². The van der Waals surface area contributed by atoms with Gasteiger partial charge in [0.1, 0.15) is 0 Å². The van der Waals surface area contributed by atoms with Crippen LogP contribution in [0.15, 0.2) is 43.0 Å². The van der Waals surface area contributed by atoms with Gasteiger partial charge in [-0.2, -0.15) is 0 Å². The first-order chi connectivity index (χ1) is 7.65. The molecule has 2 amide bonds. The summed E-state index contributed by atoms with van der Waals surface area (Å²) < 4.78 is 0. The van der Waals surface area contributed by atoms with Crippen molar-refractivity contribution in [2.45, 2.75) is 6.92 Å². The molecule has 0 aliphatic carbocycles. The molecule has 1 unspecified atom stereocenters. The van der Waals surface area contributed by atoms with Crippen LogP contribution in [0.4, 0.5) is 0 Å². The van der Waals surface area contributed by atoms with E-state index in [9.17, 15) is 9.59 Å². The maximum absolute atomic E-state index is 11.5. The van der Waals surface area contributed by atoms with Gasteiger partial charge < -0.3 is 0 Å². The van der Waals surface area contributed by atoms with Gasteiger partial charge in [0.2, 0.25) is 5.91 Å². The van der Waals surface area contributed by atoms with Crippen LogP contribution in [0, 0.1) is 5.92 Å². The Labute approximate surface area is 94.3 Å². The maximum Gasteiger partial charge on any atom is 0.269 e. The lowest BCUT2D eigenvalue weighted by Gasteiger charge is -2.09. The fourth-order valence-corrected chi connectivity index (χ4v) is 1.00. The summed E-state index contributed by atoms with van der Waals surface area (Å²) in [5, 5.41) is 0. The summed E-state index contributed by atoms with van der Waals surface area (Å²) >= 11 is 0. The Balaban J connectivity index is 2.48. The number of hydrogen-bond donors (Lipinski definition) is 2. The van der Waals surface area contributed by atoms with Gasteiger partial charge >= 0.3 is 0 Å². The molecule has 1 atom stereocenters. The van der Waals surface area contributed by atoms with Crippen LogP contribution in [0.3, 0.4) is 0 Å². The third kappa shape index (κ3) is 3.24. The zero-order chi connectivity index (χ0) is 12.0. The average molecular weight is 218 g/mol. The van der Waals surface area contributed by atoms with Gasteiger partial charge in [-0.1, -0.05) is 31.2 Å². The van der Waals surface area contributed by atoms with Gasteiger partial charge in [0.05, 0.1) is 5.92 Å². The number of rotatable bonds is 3. The minimum absolute atomic E-state index is 0.292. The summed E-state index contributed by atoms with van der Waals surface area (Å²) in [7, 11) is 0. The number of nitrogens with one attached hydrogen (secondary N) is 2. The highest BCUT2D eigenvalue weighted by molar-refractivity contribution is 5.95. The minimum atomic E-state index is -0.342. The smallest absolute Gasteiger partial charge is 0.269 e. The van der Waals surface area contributed by atoms with Crippen LogP contribution in [0.5, 0.6) is 0 Å². The number of carbonyl (C=O) groups excluding carboxylic acids is 2. The van der Waals surface area contributed by atoms with E-state index in [1.54, 1.807) is 31.2 Å². The van der Waals surface area contributed by atoms with Gasteiger partial charge in [-0.25, -0.2) is 0 Å². The molecule has 0 fully saturated rings. The molecule has 1 aromatic rings. The van der Waals surface area contributed by atoms with E-state index >= 15 is 0 Å². The molecule has 0 aliphatic rings. The Kier molecular flexibility index (Phi) is 4.27. The van der Waals surface area contributed by atoms with Crippen LogP contribution in [0.1, 0.15) is 17.3 Å². The van der Waals surface area contributed by atoms with Crippen LogP contribution in [-0.4, -0.2) is 11.8 Å². The van der Waals surface area contributed by atoms with Gasteiger partial charge in [-0.15, -0.1) is 6.58 Å². The van der Waals surface area contributed by atoms with E-state index in [-0.39, 0.29) is 17.7 Å². The predicted octanol–water partition coefficient (Wildman–Crippen LogP) is 1.27. The Bertz CT molecular complexity index is 387. The van der Waals surface area contributed by atoms with E-state index in [1.807, 2.05) is 6.07 Å². The number of hydrazine groups is 1. The molecule has 0 bridgehead atoms. The molecule has 1 rings (SSSR count). The zero-order valence-electron chi connectivity index (χ0n) is 9.07. The second-order valence-electron chi connectivity index (χ2n) is 3.33. The van der Waals surface area contributed by atoms with Crippen LogP contribution < -0.4 is 10.9 Å². The molecular formula is C12H14N2O2. The predicted molar refractivity (Wildman–Crippen MR) is 61.4 cm³/mol. The summed E-state index contributed by atoms with van der Waals surface area (Å²) in [6.45, 7) is 5.18. The SMILES string of the molecule is C=CC(C)C(=O)NNC(=O)c1ccccc1. The highest BCUT2D eigenvalue weighted by atomic mass is 16.2. The fraction of sp³-hybridized carbons (Fsp3) is 0.167. The number of benzene rings is 1. The summed E-state index contributed by atoms with van der Waals surface area (Å²) in [6, 6.07) is 8.65. The van der Waals surface area contributed by atoms with Gasteiger partial charge in [-0.3, -0.25) is 20.4 Å². The first-order valence-electron chi connectivity index (χ1n) is 4.93. The normalized spacial score (nSPS) is 11.3. The van der Waals surface area contributed by atoms with Crippen molar-refractivity contribution in [3.63, 3.8) is 0 Å². The van der Waals surface area contributed by atoms with Crippen LogP contribution in [0.2, 0.25) is 0 Å². The molecule has 84 valence electrons. The molecule has 2 N–H and O–H groups in total. The van der Waals surface area contributed by atoms with E-state index in [4.69, 9.17) is 0 Å². The lowest BCUT2D eigenvalue weighted by atomic mass is 10.2. The van der Waals surface area contributed by atoms with E-state index in [1.165, 1.54) is 6.08 Å². The van der Waals surface area contributed by atoms with Gasteiger partial charge in [0, 0.05) is 5.56 Å². The molecular weight excluding hydrogens is 204 g/mol. The summed E-state index contributed by atoms with van der Waals surface area (Å²) in [6.07, 6.45) is 1.50. The van der Waals surface area contributed by atoms with Crippen molar-refractivity contribution in [3.8, 4) is 0 Å². The summed E-state index contributed by atoms with van der Waals surface area (Å²) in [5.41, 5.74) is 5.14. The molecule has 0 aliphatic heterocycles. The Morgan fingerprint density at radius 2 is 1.88 bits per heavy atom. The third-order valence-electron chi connectivity index (χ3n) is 2.10. The van der Waals surface area contributed by atoms with Gasteiger partial charge in [-0.05, 0) is 12.1 Å². The van der Waals surface area contributed by atoms with Crippen LogP contribution in [0.25, 0.3) is 0 Å². The Morgan fingerprint density at radius 1 is 1.25 bits per heavy atom. The van der Waals surface area contributed by atoms with Crippen LogP contribution >= 0.6 is 0 Å².